The fraction of sp³-hybridized carbons (Fsp3) is 0.154. The summed E-state index contributed by atoms with van der Waals surface area (Å²) >= 11 is 4.83. The van der Waals surface area contributed by atoms with Crippen LogP contribution in [-0.2, 0) is 11.3 Å². The third-order valence-corrected chi connectivity index (χ3v) is 4.17. The van der Waals surface area contributed by atoms with E-state index < -0.39 is 17.6 Å². The second-order valence-corrected chi connectivity index (χ2v) is 6.41. The second-order valence-electron chi connectivity index (χ2n) is 3.86. The van der Waals surface area contributed by atoms with Crippen molar-refractivity contribution < 1.29 is 18.3 Å². The first-order valence-electron chi connectivity index (χ1n) is 5.56. The van der Waals surface area contributed by atoms with E-state index in [1.165, 1.54) is 11.3 Å². The summed E-state index contributed by atoms with van der Waals surface area (Å²) in [5, 5.41) is 2.83. The first-order chi connectivity index (χ1) is 9.51. The van der Waals surface area contributed by atoms with E-state index in [-0.39, 0.29) is 11.3 Å². The summed E-state index contributed by atoms with van der Waals surface area (Å²) in [5.74, 6) is -2.55. The lowest BCUT2D eigenvalue weighted by molar-refractivity contribution is 0.0595. The molecule has 0 aliphatic rings. The summed E-state index contributed by atoms with van der Waals surface area (Å²) in [4.78, 5) is 12.3. The van der Waals surface area contributed by atoms with Crippen molar-refractivity contribution in [3.8, 4) is 0 Å². The Kier molecular flexibility index (Phi) is 4.72. The Morgan fingerprint density at radius 1 is 1.35 bits per heavy atom. The number of esters is 1. The molecule has 0 aliphatic heterocycles. The third kappa shape index (κ3) is 3.34. The molecule has 20 heavy (non-hydrogen) atoms. The molecule has 2 aromatic rings. The molecule has 0 amide bonds. The van der Waals surface area contributed by atoms with Gasteiger partial charge in [0.15, 0.2) is 0 Å². The molecule has 0 saturated heterocycles. The fourth-order valence-corrected chi connectivity index (χ4v) is 3.00. The van der Waals surface area contributed by atoms with Crippen LogP contribution >= 0.6 is 27.3 Å². The number of anilines is 1. The maximum Gasteiger partial charge on any atom is 0.340 e. The number of rotatable bonds is 4. The zero-order valence-corrected chi connectivity index (χ0v) is 12.8. The molecule has 1 heterocycles. The molecule has 0 atom stereocenters. The largest absolute Gasteiger partial charge is 0.465 e. The molecule has 0 fully saturated rings. The molecule has 0 saturated carbocycles. The van der Waals surface area contributed by atoms with Crippen LogP contribution in [0.1, 0.15) is 15.2 Å². The zero-order valence-electron chi connectivity index (χ0n) is 10.4. The van der Waals surface area contributed by atoms with Crippen LogP contribution in [0, 0.1) is 11.6 Å². The van der Waals surface area contributed by atoms with Gasteiger partial charge in [0, 0.05) is 17.5 Å². The number of hydrogen-bond acceptors (Lipinski definition) is 4. The van der Waals surface area contributed by atoms with Crippen LogP contribution in [-0.4, -0.2) is 13.1 Å². The van der Waals surface area contributed by atoms with Crippen molar-refractivity contribution in [1.29, 1.82) is 0 Å². The summed E-state index contributed by atoms with van der Waals surface area (Å²) in [6.45, 7) is 0.374. The molecule has 7 heteroatoms. The van der Waals surface area contributed by atoms with Crippen LogP contribution < -0.4 is 5.32 Å². The molecule has 0 aliphatic carbocycles. The van der Waals surface area contributed by atoms with Crippen LogP contribution in [0.4, 0.5) is 14.5 Å². The van der Waals surface area contributed by atoms with E-state index in [0.717, 1.165) is 21.8 Å². The molecule has 0 unspecified atom stereocenters. The lowest BCUT2D eigenvalue weighted by atomic mass is 10.1. The van der Waals surface area contributed by atoms with E-state index in [0.29, 0.717) is 12.6 Å². The number of carbonyl (C=O) groups is 1. The molecule has 0 radical (unpaired) electrons. The van der Waals surface area contributed by atoms with Gasteiger partial charge in [-0.3, -0.25) is 0 Å². The highest BCUT2D eigenvalue weighted by Gasteiger charge is 2.16. The topological polar surface area (TPSA) is 38.3 Å². The van der Waals surface area contributed by atoms with Gasteiger partial charge in [0.1, 0.15) is 11.6 Å². The van der Waals surface area contributed by atoms with Gasteiger partial charge in [-0.2, -0.15) is 0 Å². The predicted octanol–water partition coefficient (Wildman–Crippen LogP) is 4.19. The van der Waals surface area contributed by atoms with Gasteiger partial charge in [-0.05, 0) is 34.1 Å². The van der Waals surface area contributed by atoms with E-state index in [1.807, 2.05) is 12.1 Å². The highest BCUT2D eigenvalue weighted by molar-refractivity contribution is 9.11. The molecule has 3 nitrogen and oxygen atoms in total. The average Bonchev–Trinajstić information content (AvgIpc) is 2.83. The van der Waals surface area contributed by atoms with E-state index in [2.05, 4.69) is 26.0 Å². The van der Waals surface area contributed by atoms with Crippen LogP contribution in [0.15, 0.2) is 28.1 Å². The highest BCUT2D eigenvalue weighted by atomic mass is 79.9. The number of hydrogen-bond donors (Lipinski definition) is 1. The first kappa shape index (κ1) is 14.9. The van der Waals surface area contributed by atoms with Gasteiger partial charge >= 0.3 is 5.97 Å². The normalized spacial score (nSPS) is 10.4. The van der Waals surface area contributed by atoms with Crippen LogP contribution in [0.2, 0.25) is 0 Å². The molecule has 0 spiro atoms. The molecule has 106 valence electrons. The summed E-state index contributed by atoms with van der Waals surface area (Å²) in [6.07, 6.45) is 0. The zero-order chi connectivity index (χ0) is 14.7. The molecule has 2 rings (SSSR count). The van der Waals surface area contributed by atoms with Crippen LogP contribution in [0.25, 0.3) is 0 Å². The van der Waals surface area contributed by atoms with Crippen molar-refractivity contribution in [2.45, 2.75) is 6.54 Å². The third-order valence-electron chi connectivity index (χ3n) is 2.54. The number of benzene rings is 1. The van der Waals surface area contributed by atoms with E-state index >= 15 is 0 Å². The van der Waals surface area contributed by atoms with Gasteiger partial charge in [0.05, 0.1) is 22.1 Å². The van der Waals surface area contributed by atoms with E-state index in [9.17, 15) is 13.6 Å². The smallest absolute Gasteiger partial charge is 0.340 e. The van der Waals surface area contributed by atoms with Crippen LogP contribution in [0.3, 0.4) is 0 Å². The van der Waals surface area contributed by atoms with Crippen molar-refractivity contribution in [2.75, 3.05) is 12.4 Å². The van der Waals surface area contributed by atoms with Crippen LogP contribution in [0.5, 0.6) is 0 Å². The Hall–Kier alpha value is -1.47. The van der Waals surface area contributed by atoms with Gasteiger partial charge in [0.25, 0.3) is 0 Å². The maximum atomic E-state index is 13.6. The average molecular weight is 362 g/mol. The quantitative estimate of drug-likeness (QED) is 0.829. The number of halogens is 3. The minimum Gasteiger partial charge on any atom is -0.465 e. The summed E-state index contributed by atoms with van der Waals surface area (Å²) in [5.41, 5.74) is -0.250. The van der Waals surface area contributed by atoms with Gasteiger partial charge in [-0.1, -0.05) is 0 Å². The Morgan fingerprint density at radius 2 is 2.10 bits per heavy atom. The molecular weight excluding hydrogens is 352 g/mol. The van der Waals surface area contributed by atoms with Crippen molar-refractivity contribution in [1.82, 2.24) is 0 Å². The monoisotopic (exact) mass is 361 g/mol. The lowest BCUT2D eigenvalue weighted by Crippen LogP contribution is -2.08. The molecule has 1 aromatic heterocycles. The summed E-state index contributed by atoms with van der Waals surface area (Å²) in [6, 6.07) is 5.53. The van der Waals surface area contributed by atoms with Gasteiger partial charge in [-0.25, -0.2) is 13.6 Å². The number of carbonyl (C=O) groups excluding carboxylic acids is 1. The summed E-state index contributed by atoms with van der Waals surface area (Å²) in [7, 11) is 1.14. The summed E-state index contributed by atoms with van der Waals surface area (Å²) < 4.78 is 32.5. The van der Waals surface area contributed by atoms with E-state index in [4.69, 9.17) is 0 Å². The lowest BCUT2D eigenvalue weighted by Gasteiger charge is -2.09. The number of nitrogens with one attached hydrogen (secondary N) is 1. The maximum absolute atomic E-state index is 13.6. The number of thiophene rings is 1. The van der Waals surface area contributed by atoms with Crippen molar-refractivity contribution in [2.24, 2.45) is 0 Å². The second kappa shape index (κ2) is 6.32. The highest BCUT2D eigenvalue weighted by Crippen LogP contribution is 2.25. The Morgan fingerprint density at radius 3 is 2.70 bits per heavy atom. The minimum atomic E-state index is -0.946. The minimum absolute atomic E-state index is 0.0522. The Labute approximate surface area is 126 Å². The van der Waals surface area contributed by atoms with Gasteiger partial charge in [0.2, 0.25) is 0 Å². The van der Waals surface area contributed by atoms with Gasteiger partial charge < -0.3 is 10.1 Å². The standard InChI is InChI=1S/C13H10BrF2NO2S/c1-19-13(18)8-4-11(10(16)5-9(8)15)17-6-7-2-3-12(14)20-7/h2-5,17H,6H2,1H3. The first-order valence-corrected chi connectivity index (χ1v) is 7.17. The Bertz CT molecular complexity index is 645. The van der Waals surface area contributed by atoms with E-state index in [1.54, 1.807) is 0 Å². The molecule has 1 aromatic carbocycles. The SMILES string of the molecule is COC(=O)c1cc(NCc2ccc(Br)s2)c(F)cc1F. The van der Waals surface area contributed by atoms with Gasteiger partial charge in [-0.15, -0.1) is 11.3 Å². The predicted molar refractivity (Wildman–Crippen MR) is 77.0 cm³/mol. The number of ether oxygens (including phenoxy) is 1. The fourth-order valence-electron chi connectivity index (χ4n) is 1.58. The Balaban J connectivity index is 2.20. The number of methoxy groups -OCH3 is 1. The molecular formula is C13H10BrF2NO2S. The van der Waals surface area contributed by atoms with Crippen molar-refractivity contribution in [3.05, 3.63) is 50.1 Å². The molecule has 1 N–H and O–H groups in total. The molecule has 0 bridgehead atoms. The van der Waals surface area contributed by atoms with Crippen molar-refractivity contribution >= 4 is 38.9 Å². The van der Waals surface area contributed by atoms with Crippen molar-refractivity contribution in [3.63, 3.8) is 0 Å².